The number of carboxylic acid groups (broad SMARTS) is 2. The molecule has 0 aliphatic carbocycles. The number of rotatable bonds is 7. The number of fused-ring (bicyclic) bond motifs is 2. The van der Waals surface area contributed by atoms with Crippen molar-refractivity contribution in [2.24, 2.45) is 5.92 Å². The van der Waals surface area contributed by atoms with Gasteiger partial charge in [-0.25, -0.2) is 9.59 Å². The van der Waals surface area contributed by atoms with Crippen LogP contribution in [-0.4, -0.2) is 61.3 Å². The van der Waals surface area contributed by atoms with Gasteiger partial charge in [-0.05, 0) is 44.3 Å². The number of benzene rings is 2. The van der Waals surface area contributed by atoms with Crippen molar-refractivity contribution in [3.05, 3.63) is 54.6 Å². The lowest BCUT2D eigenvalue weighted by Crippen LogP contribution is -2.31. The number of aliphatic carboxylic acids is 2. The zero-order valence-electron chi connectivity index (χ0n) is 18.1. The zero-order valence-corrected chi connectivity index (χ0v) is 18.9. The number of carbonyl (C=O) groups is 2. The van der Waals surface area contributed by atoms with Crippen molar-refractivity contribution in [1.29, 1.82) is 0 Å². The Labute approximate surface area is 186 Å². The molecule has 0 radical (unpaired) electrons. The number of carboxylic acids is 2. The van der Waals surface area contributed by atoms with Gasteiger partial charge >= 0.3 is 11.9 Å². The summed E-state index contributed by atoms with van der Waals surface area (Å²) in [6.45, 7) is 4.38. The molecule has 0 saturated carbocycles. The molecule has 2 N–H and O–H groups in total. The Balaban J connectivity index is 0.000000366. The van der Waals surface area contributed by atoms with E-state index in [0.717, 1.165) is 18.8 Å². The summed E-state index contributed by atoms with van der Waals surface area (Å²) in [5.41, 5.74) is 2.54. The lowest BCUT2D eigenvalue weighted by Gasteiger charge is -2.35. The molecule has 31 heavy (non-hydrogen) atoms. The molecular formula is C23H28N2O5S. The first kappa shape index (κ1) is 24.3. The van der Waals surface area contributed by atoms with E-state index in [1.165, 1.54) is 21.2 Å². The lowest BCUT2D eigenvalue weighted by molar-refractivity contribution is -0.134. The highest BCUT2D eigenvalue weighted by molar-refractivity contribution is 7.99. The highest BCUT2D eigenvalue weighted by Crippen LogP contribution is 2.49. The van der Waals surface area contributed by atoms with Gasteiger partial charge in [0.25, 0.3) is 0 Å². The summed E-state index contributed by atoms with van der Waals surface area (Å²) in [4.78, 5) is 26.4. The van der Waals surface area contributed by atoms with Gasteiger partial charge in [0.05, 0.1) is 18.5 Å². The standard InChI is InChI=1S/C19H24N2OS.C4H4O4/c1-14(12-20(2)3)13-21-16-7-5-6-8-18(16)23-19-10-9-15(22-4)11-17(19)21;5-3(6)1-2-4(7)8/h5-11,14H,12-13H2,1-4H3;1-2H,(H,5,6)(H,7,8)/b;2-1-/t14-;/m1./s1. The van der Waals surface area contributed by atoms with Crippen LogP contribution in [0.15, 0.2) is 64.4 Å². The maximum Gasteiger partial charge on any atom is 0.328 e. The van der Waals surface area contributed by atoms with E-state index < -0.39 is 11.9 Å². The second-order valence-electron chi connectivity index (χ2n) is 7.39. The van der Waals surface area contributed by atoms with Gasteiger partial charge in [-0.15, -0.1) is 0 Å². The van der Waals surface area contributed by atoms with Crippen LogP contribution < -0.4 is 9.64 Å². The molecule has 0 bridgehead atoms. The molecule has 1 heterocycles. The fraction of sp³-hybridized carbons (Fsp3) is 0.304. The van der Waals surface area contributed by atoms with E-state index in [-0.39, 0.29) is 0 Å². The van der Waals surface area contributed by atoms with Gasteiger partial charge < -0.3 is 24.7 Å². The minimum absolute atomic E-state index is 0.558. The Morgan fingerprint density at radius 2 is 1.68 bits per heavy atom. The highest BCUT2D eigenvalue weighted by Gasteiger charge is 2.25. The molecule has 0 saturated heterocycles. The van der Waals surface area contributed by atoms with Crippen LogP contribution in [0, 0.1) is 5.92 Å². The summed E-state index contributed by atoms with van der Waals surface area (Å²) in [6.07, 6.45) is 1.12. The van der Waals surface area contributed by atoms with Crippen LogP contribution in [0.4, 0.5) is 11.4 Å². The predicted molar refractivity (Wildman–Crippen MR) is 123 cm³/mol. The Morgan fingerprint density at radius 3 is 2.26 bits per heavy atom. The van der Waals surface area contributed by atoms with Crippen molar-refractivity contribution in [3.8, 4) is 5.75 Å². The molecular weight excluding hydrogens is 416 g/mol. The molecule has 0 amide bonds. The Kier molecular flexibility index (Phi) is 8.96. The molecule has 0 spiro atoms. The Bertz CT molecular complexity index is 929. The smallest absolute Gasteiger partial charge is 0.328 e. The molecule has 7 nitrogen and oxygen atoms in total. The van der Waals surface area contributed by atoms with Gasteiger partial charge in [0.1, 0.15) is 5.75 Å². The third-order valence-corrected chi connectivity index (χ3v) is 5.50. The van der Waals surface area contributed by atoms with Gasteiger partial charge in [-0.2, -0.15) is 0 Å². The third-order valence-electron chi connectivity index (χ3n) is 4.37. The maximum absolute atomic E-state index is 9.55. The van der Waals surface area contributed by atoms with E-state index >= 15 is 0 Å². The normalized spacial score (nSPS) is 13.1. The largest absolute Gasteiger partial charge is 0.497 e. The molecule has 166 valence electrons. The first-order valence-electron chi connectivity index (χ1n) is 9.72. The maximum atomic E-state index is 9.55. The van der Waals surface area contributed by atoms with Crippen LogP contribution in [0.1, 0.15) is 6.92 Å². The predicted octanol–water partition coefficient (Wildman–Crippen LogP) is 4.21. The number of hydrogen-bond acceptors (Lipinski definition) is 6. The lowest BCUT2D eigenvalue weighted by atomic mass is 10.1. The third kappa shape index (κ3) is 7.34. The first-order chi connectivity index (χ1) is 14.7. The van der Waals surface area contributed by atoms with Crippen molar-refractivity contribution >= 4 is 35.1 Å². The zero-order chi connectivity index (χ0) is 23.0. The number of methoxy groups -OCH3 is 1. The average molecular weight is 445 g/mol. The van der Waals surface area contributed by atoms with Crippen LogP contribution in [0.25, 0.3) is 0 Å². The van der Waals surface area contributed by atoms with Crippen LogP contribution in [0.2, 0.25) is 0 Å². The monoisotopic (exact) mass is 444 g/mol. The SMILES string of the molecule is COc1ccc2c(c1)N(C[C@H](C)CN(C)C)c1ccccc1S2.O=C(O)/C=C\C(=O)O. The number of para-hydroxylation sites is 1. The van der Waals surface area contributed by atoms with E-state index in [4.69, 9.17) is 14.9 Å². The summed E-state index contributed by atoms with van der Waals surface area (Å²) in [5.74, 6) is -1.03. The van der Waals surface area contributed by atoms with E-state index in [1.807, 2.05) is 17.8 Å². The number of nitrogens with zero attached hydrogens (tertiary/aromatic N) is 2. The minimum atomic E-state index is -1.26. The molecule has 2 aromatic rings. The summed E-state index contributed by atoms with van der Waals surface area (Å²) < 4.78 is 5.44. The van der Waals surface area contributed by atoms with Crippen molar-refractivity contribution in [3.63, 3.8) is 0 Å². The summed E-state index contributed by atoms with van der Waals surface area (Å²) in [5, 5.41) is 15.6. The molecule has 8 heteroatoms. The number of anilines is 2. The summed E-state index contributed by atoms with van der Waals surface area (Å²) >= 11 is 1.84. The van der Waals surface area contributed by atoms with Crippen LogP contribution >= 0.6 is 11.8 Å². The molecule has 1 aliphatic heterocycles. The van der Waals surface area contributed by atoms with Gasteiger partial charge in [0.15, 0.2) is 0 Å². The highest BCUT2D eigenvalue weighted by atomic mass is 32.2. The second-order valence-corrected chi connectivity index (χ2v) is 8.48. The molecule has 0 unspecified atom stereocenters. The van der Waals surface area contributed by atoms with E-state index in [9.17, 15) is 9.59 Å². The van der Waals surface area contributed by atoms with Crippen LogP contribution in [0.5, 0.6) is 5.75 Å². The molecule has 2 aromatic carbocycles. The Hall–Kier alpha value is -2.97. The number of hydrogen-bond donors (Lipinski definition) is 2. The molecule has 3 rings (SSSR count). The van der Waals surface area contributed by atoms with Crippen LogP contribution in [-0.2, 0) is 9.59 Å². The van der Waals surface area contributed by atoms with E-state index in [1.54, 1.807) is 7.11 Å². The quantitative estimate of drug-likeness (QED) is 0.614. The molecule has 0 aromatic heterocycles. The average Bonchev–Trinajstić information content (AvgIpc) is 2.71. The topological polar surface area (TPSA) is 90.3 Å². The molecule has 0 fully saturated rings. The van der Waals surface area contributed by atoms with Gasteiger partial charge in [-0.3, -0.25) is 0 Å². The fourth-order valence-electron chi connectivity index (χ4n) is 3.27. The van der Waals surface area contributed by atoms with Crippen molar-refractivity contribution < 1.29 is 24.5 Å². The van der Waals surface area contributed by atoms with E-state index in [0.29, 0.717) is 18.1 Å². The van der Waals surface area contributed by atoms with E-state index in [2.05, 4.69) is 67.2 Å². The van der Waals surface area contributed by atoms with Crippen LogP contribution in [0.3, 0.4) is 0 Å². The molecule has 1 atom stereocenters. The molecule has 1 aliphatic rings. The fourth-order valence-corrected chi connectivity index (χ4v) is 4.34. The Morgan fingerprint density at radius 1 is 1.06 bits per heavy atom. The van der Waals surface area contributed by atoms with Gasteiger partial charge in [0.2, 0.25) is 0 Å². The van der Waals surface area contributed by atoms with Crippen molar-refractivity contribution in [1.82, 2.24) is 4.90 Å². The van der Waals surface area contributed by atoms with Gasteiger partial charge in [-0.1, -0.05) is 30.8 Å². The number of ether oxygens (including phenoxy) is 1. The second kappa shape index (κ2) is 11.4. The van der Waals surface area contributed by atoms with Gasteiger partial charge in [0, 0.05) is 41.1 Å². The summed E-state index contributed by atoms with van der Waals surface area (Å²) in [6, 6.07) is 15.0. The first-order valence-corrected chi connectivity index (χ1v) is 10.5. The summed E-state index contributed by atoms with van der Waals surface area (Å²) in [7, 11) is 5.99. The van der Waals surface area contributed by atoms with Crippen molar-refractivity contribution in [2.45, 2.75) is 16.7 Å². The minimum Gasteiger partial charge on any atom is -0.497 e. The van der Waals surface area contributed by atoms with Crippen molar-refractivity contribution in [2.75, 3.05) is 39.2 Å².